The molecule has 1 rings (SSSR count). The first-order valence-electron chi connectivity index (χ1n) is 5.82. The van der Waals surface area contributed by atoms with Gasteiger partial charge in [-0.15, -0.1) is 0 Å². The maximum Gasteiger partial charge on any atom is 0.226 e. The monoisotopic (exact) mass is 224 g/mol. The van der Waals surface area contributed by atoms with Crippen molar-refractivity contribution in [3.05, 3.63) is 18.2 Å². The van der Waals surface area contributed by atoms with E-state index in [4.69, 9.17) is 4.74 Å². The molecule has 1 aromatic rings. The molecule has 0 spiro atoms. The number of nitrogens with zero attached hydrogens (tertiary/aromatic N) is 2. The minimum absolute atomic E-state index is 0.0113. The lowest BCUT2D eigenvalue weighted by Crippen LogP contribution is -2.26. The Bertz CT molecular complexity index is 334. The second kappa shape index (κ2) is 6.43. The molecule has 0 N–H and O–H groups in total. The van der Waals surface area contributed by atoms with Crippen LogP contribution >= 0.6 is 0 Å². The number of hydrogen-bond donors (Lipinski definition) is 0. The van der Waals surface area contributed by atoms with Crippen LogP contribution in [0, 0.1) is 0 Å². The molecular formula is C12H20N2O2. The molecule has 0 aliphatic rings. The van der Waals surface area contributed by atoms with Gasteiger partial charge in [0.25, 0.3) is 0 Å². The van der Waals surface area contributed by atoms with Crippen molar-refractivity contribution in [1.82, 2.24) is 9.55 Å². The smallest absolute Gasteiger partial charge is 0.226 e. The average Bonchev–Trinajstić information content (AvgIpc) is 2.73. The van der Waals surface area contributed by atoms with Gasteiger partial charge in [0.2, 0.25) is 5.78 Å². The van der Waals surface area contributed by atoms with Crippen LogP contribution in [-0.2, 0) is 11.3 Å². The average molecular weight is 224 g/mol. The third kappa shape index (κ3) is 2.92. The van der Waals surface area contributed by atoms with Crippen LogP contribution < -0.4 is 0 Å². The van der Waals surface area contributed by atoms with Gasteiger partial charge in [-0.05, 0) is 12.8 Å². The first-order chi connectivity index (χ1) is 7.74. The summed E-state index contributed by atoms with van der Waals surface area (Å²) in [6.07, 6.45) is 5.81. The molecule has 16 heavy (non-hydrogen) atoms. The maximum atomic E-state index is 12.1. The summed E-state index contributed by atoms with van der Waals surface area (Å²) in [4.78, 5) is 16.2. The topological polar surface area (TPSA) is 44.1 Å². The van der Waals surface area contributed by atoms with Crippen molar-refractivity contribution in [3.8, 4) is 0 Å². The number of imidazole rings is 1. The Labute approximate surface area is 96.6 Å². The third-order valence-corrected chi connectivity index (χ3v) is 2.53. The number of methoxy groups -OCH3 is 1. The highest BCUT2D eigenvalue weighted by atomic mass is 16.5. The summed E-state index contributed by atoms with van der Waals surface area (Å²) in [5, 5.41) is 0. The van der Waals surface area contributed by atoms with E-state index in [1.165, 1.54) is 0 Å². The molecule has 0 aliphatic heterocycles. The van der Waals surface area contributed by atoms with E-state index < -0.39 is 0 Å². The minimum Gasteiger partial charge on any atom is -0.373 e. The van der Waals surface area contributed by atoms with Crippen LogP contribution in [0.2, 0.25) is 0 Å². The Hall–Kier alpha value is -1.16. The first kappa shape index (κ1) is 12.9. The van der Waals surface area contributed by atoms with Gasteiger partial charge in [0.15, 0.2) is 5.82 Å². The summed E-state index contributed by atoms with van der Waals surface area (Å²) in [6.45, 7) is 4.94. The van der Waals surface area contributed by atoms with E-state index in [0.717, 1.165) is 25.8 Å². The van der Waals surface area contributed by atoms with Crippen LogP contribution in [0.5, 0.6) is 0 Å². The highest BCUT2D eigenvalue weighted by Crippen LogP contribution is 2.10. The Balaban J connectivity index is 2.81. The number of Topliss-reactive ketones (excluding diaryl/α,β-unsaturated/α-hetero) is 1. The lowest BCUT2D eigenvalue weighted by Gasteiger charge is -2.13. The predicted molar refractivity (Wildman–Crippen MR) is 62.6 cm³/mol. The lowest BCUT2D eigenvalue weighted by atomic mass is 10.1. The molecule has 0 saturated heterocycles. The van der Waals surface area contributed by atoms with Gasteiger partial charge >= 0.3 is 0 Å². The van der Waals surface area contributed by atoms with E-state index in [1.807, 2.05) is 17.7 Å². The fraction of sp³-hybridized carbons (Fsp3) is 0.667. The molecule has 1 aromatic heterocycles. The van der Waals surface area contributed by atoms with Crippen LogP contribution in [0.25, 0.3) is 0 Å². The molecule has 0 fully saturated rings. The number of hydrogen-bond acceptors (Lipinski definition) is 3. The van der Waals surface area contributed by atoms with E-state index in [-0.39, 0.29) is 11.9 Å². The normalized spacial score (nSPS) is 12.7. The number of ketones is 1. The molecule has 0 aromatic carbocycles. The van der Waals surface area contributed by atoms with Gasteiger partial charge in [-0.3, -0.25) is 4.79 Å². The Morgan fingerprint density at radius 3 is 2.81 bits per heavy atom. The number of aromatic nitrogens is 2. The lowest BCUT2D eigenvalue weighted by molar-refractivity contribution is 0.0563. The van der Waals surface area contributed by atoms with E-state index >= 15 is 0 Å². The summed E-state index contributed by atoms with van der Waals surface area (Å²) >= 11 is 0. The zero-order chi connectivity index (χ0) is 12.0. The standard InChI is InChI=1S/C12H20N2O2/c1-4-6-10(16-3)11(15)12-13-7-9-14(12)8-5-2/h7,9-10H,4-6,8H2,1-3H3. The van der Waals surface area contributed by atoms with Crippen molar-refractivity contribution in [2.75, 3.05) is 7.11 Å². The number of carbonyl (C=O) groups excluding carboxylic acids is 1. The number of ether oxygens (including phenoxy) is 1. The predicted octanol–water partition coefficient (Wildman–Crippen LogP) is 2.29. The van der Waals surface area contributed by atoms with Crippen molar-refractivity contribution in [3.63, 3.8) is 0 Å². The zero-order valence-electron chi connectivity index (χ0n) is 10.3. The minimum atomic E-state index is -0.358. The van der Waals surface area contributed by atoms with Gasteiger partial charge in [-0.2, -0.15) is 0 Å². The van der Waals surface area contributed by atoms with E-state index in [2.05, 4.69) is 11.9 Å². The second-order valence-electron chi connectivity index (χ2n) is 3.82. The molecule has 0 aliphatic carbocycles. The van der Waals surface area contributed by atoms with Crippen LogP contribution in [-0.4, -0.2) is 28.5 Å². The zero-order valence-corrected chi connectivity index (χ0v) is 10.3. The van der Waals surface area contributed by atoms with Gasteiger partial charge in [-0.1, -0.05) is 20.3 Å². The largest absolute Gasteiger partial charge is 0.373 e. The van der Waals surface area contributed by atoms with Crippen molar-refractivity contribution in [2.45, 2.75) is 45.8 Å². The Morgan fingerprint density at radius 1 is 1.50 bits per heavy atom. The summed E-state index contributed by atoms with van der Waals surface area (Å²) in [6, 6.07) is 0. The molecule has 1 heterocycles. The van der Waals surface area contributed by atoms with Gasteiger partial charge in [-0.25, -0.2) is 4.98 Å². The second-order valence-corrected chi connectivity index (χ2v) is 3.82. The molecule has 0 radical (unpaired) electrons. The molecule has 0 bridgehead atoms. The van der Waals surface area contributed by atoms with Crippen LogP contribution in [0.1, 0.15) is 43.7 Å². The third-order valence-electron chi connectivity index (χ3n) is 2.53. The summed E-state index contributed by atoms with van der Waals surface area (Å²) in [5.41, 5.74) is 0. The van der Waals surface area contributed by atoms with E-state index in [9.17, 15) is 4.79 Å². The molecule has 90 valence electrons. The van der Waals surface area contributed by atoms with Crippen LogP contribution in [0.15, 0.2) is 12.4 Å². The molecule has 0 saturated carbocycles. The van der Waals surface area contributed by atoms with Gasteiger partial charge in [0.1, 0.15) is 6.10 Å². The van der Waals surface area contributed by atoms with Crippen molar-refractivity contribution in [2.24, 2.45) is 0 Å². The maximum absolute atomic E-state index is 12.1. The highest BCUT2D eigenvalue weighted by molar-refractivity contribution is 5.96. The van der Waals surface area contributed by atoms with E-state index in [0.29, 0.717) is 5.82 Å². The molecule has 4 heteroatoms. The van der Waals surface area contributed by atoms with Crippen LogP contribution in [0.3, 0.4) is 0 Å². The van der Waals surface area contributed by atoms with Crippen molar-refractivity contribution in [1.29, 1.82) is 0 Å². The van der Waals surface area contributed by atoms with E-state index in [1.54, 1.807) is 13.3 Å². The van der Waals surface area contributed by atoms with Gasteiger partial charge in [0.05, 0.1) is 0 Å². The fourth-order valence-corrected chi connectivity index (χ4v) is 1.72. The summed E-state index contributed by atoms with van der Waals surface area (Å²) < 4.78 is 7.10. The molecule has 4 nitrogen and oxygen atoms in total. The fourth-order valence-electron chi connectivity index (χ4n) is 1.72. The SMILES string of the molecule is CCCC(OC)C(=O)c1nccn1CCC. The van der Waals surface area contributed by atoms with Crippen LogP contribution in [0.4, 0.5) is 0 Å². The highest BCUT2D eigenvalue weighted by Gasteiger charge is 2.22. The molecule has 1 unspecified atom stereocenters. The number of carbonyl (C=O) groups is 1. The molecular weight excluding hydrogens is 204 g/mol. The first-order valence-corrected chi connectivity index (χ1v) is 5.82. The molecule has 0 amide bonds. The number of rotatable bonds is 7. The van der Waals surface area contributed by atoms with Gasteiger partial charge in [0, 0.05) is 26.0 Å². The Morgan fingerprint density at radius 2 is 2.25 bits per heavy atom. The number of aryl methyl sites for hydroxylation is 1. The summed E-state index contributed by atoms with van der Waals surface area (Å²) in [5.74, 6) is 0.505. The van der Waals surface area contributed by atoms with Gasteiger partial charge < -0.3 is 9.30 Å². The van der Waals surface area contributed by atoms with Crippen molar-refractivity contribution >= 4 is 5.78 Å². The molecule has 1 atom stereocenters. The Kier molecular flexibility index (Phi) is 5.19. The quantitative estimate of drug-likeness (QED) is 0.667. The summed E-state index contributed by atoms with van der Waals surface area (Å²) in [7, 11) is 1.57. The van der Waals surface area contributed by atoms with Crippen molar-refractivity contribution < 1.29 is 9.53 Å².